The van der Waals surface area contributed by atoms with Crippen LogP contribution in [0.4, 0.5) is 0 Å². The molecule has 3 nitrogen and oxygen atoms in total. The van der Waals surface area contributed by atoms with Crippen molar-refractivity contribution in [2.24, 2.45) is 0 Å². The zero-order chi connectivity index (χ0) is 7.82. The Kier molecular flexibility index (Phi) is 7.08. The van der Waals surface area contributed by atoms with Crippen molar-refractivity contribution in [3.63, 3.8) is 0 Å². The number of hydrogen-bond acceptors (Lipinski definition) is 3. The average Bonchev–Trinajstić information content (AvgIpc) is 1.90. The van der Waals surface area contributed by atoms with Crippen LogP contribution in [0, 0.1) is 11.5 Å². The van der Waals surface area contributed by atoms with Gasteiger partial charge in [0.05, 0.1) is 0 Å². The van der Waals surface area contributed by atoms with Gasteiger partial charge in [-0.1, -0.05) is 0 Å². The molecule has 0 rings (SSSR count). The minimum atomic E-state index is -0.206. The average molecular weight is 175 g/mol. The first kappa shape index (κ1) is 9.98. The second-order valence-corrected chi connectivity index (χ2v) is 2.30. The van der Waals surface area contributed by atoms with Crippen molar-refractivity contribution in [2.75, 3.05) is 6.54 Å². The van der Waals surface area contributed by atoms with E-state index in [9.17, 15) is 9.13 Å². The van der Waals surface area contributed by atoms with Gasteiger partial charge in [0.1, 0.15) is 0 Å². The van der Waals surface area contributed by atoms with Crippen LogP contribution in [0.15, 0.2) is 0 Å². The third-order valence-electron chi connectivity index (χ3n) is 0.770. The predicted octanol–water partition coefficient (Wildman–Crippen LogP) is 2.12. The molecule has 54 valence electrons. The van der Waals surface area contributed by atoms with Gasteiger partial charge in [0.15, 0.2) is 0 Å². The zero-order valence-electron chi connectivity index (χ0n) is 5.57. The third kappa shape index (κ3) is 4.82. The Morgan fingerprint density at radius 2 is 1.80 bits per heavy atom. The van der Waals surface area contributed by atoms with Gasteiger partial charge in [-0.05, 0) is 0 Å². The summed E-state index contributed by atoms with van der Waals surface area (Å²) in [4.78, 5) is 1.39. The first-order chi connectivity index (χ1) is 4.85. The van der Waals surface area contributed by atoms with Crippen molar-refractivity contribution in [2.45, 2.75) is 13.3 Å². The molecule has 0 saturated heterocycles. The van der Waals surface area contributed by atoms with E-state index in [0.29, 0.717) is 6.54 Å². The van der Waals surface area contributed by atoms with Crippen LogP contribution in [0.1, 0.15) is 13.3 Å². The standard InChI is InChI=1S/C5H7NO2P2/c1-2-3-6(4-9-7)5-10-8/h2-3H2,1H3. The molecular formula is C5H7NO2P2. The molecular weight excluding hydrogens is 168 g/mol. The van der Waals surface area contributed by atoms with E-state index >= 15 is 0 Å². The van der Waals surface area contributed by atoms with Gasteiger partial charge in [-0.25, -0.2) is 0 Å². The van der Waals surface area contributed by atoms with E-state index in [1.165, 1.54) is 4.90 Å². The minimum absolute atomic E-state index is 0.206. The molecule has 0 aromatic carbocycles. The van der Waals surface area contributed by atoms with Gasteiger partial charge in [-0.3, -0.25) is 0 Å². The molecule has 0 fully saturated rings. The molecule has 0 radical (unpaired) electrons. The second kappa shape index (κ2) is 7.09. The fourth-order valence-corrected chi connectivity index (χ4v) is 1.02. The summed E-state index contributed by atoms with van der Waals surface area (Å²) in [5, 5.41) is 0. The molecule has 0 spiro atoms. The Bertz CT molecular complexity index is 247. The monoisotopic (exact) mass is 175 g/mol. The van der Waals surface area contributed by atoms with E-state index in [1.807, 2.05) is 6.92 Å². The molecule has 0 aliphatic carbocycles. The fourth-order valence-electron chi connectivity index (χ4n) is 0.445. The molecule has 10 heavy (non-hydrogen) atoms. The van der Waals surface area contributed by atoms with E-state index in [1.54, 1.807) is 0 Å². The molecule has 0 heterocycles. The van der Waals surface area contributed by atoms with Crippen molar-refractivity contribution in [3.8, 4) is 11.5 Å². The molecule has 0 amide bonds. The Morgan fingerprint density at radius 3 is 2.10 bits per heavy atom. The van der Waals surface area contributed by atoms with Gasteiger partial charge in [0, 0.05) is 0 Å². The third-order valence-corrected chi connectivity index (χ3v) is 1.42. The van der Waals surface area contributed by atoms with Crippen LogP contribution in [0.3, 0.4) is 0 Å². The summed E-state index contributed by atoms with van der Waals surface area (Å²) in [7, 11) is -0.412. The Balaban J connectivity index is 4.15. The van der Waals surface area contributed by atoms with Gasteiger partial charge in [0.2, 0.25) is 0 Å². The summed E-state index contributed by atoms with van der Waals surface area (Å²) < 4.78 is 19.9. The number of hydrogen-bond donors (Lipinski definition) is 0. The van der Waals surface area contributed by atoms with Gasteiger partial charge in [-0.2, -0.15) is 0 Å². The van der Waals surface area contributed by atoms with E-state index in [4.69, 9.17) is 0 Å². The molecule has 0 unspecified atom stereocenters. The van der Waals surface area contributed by atoms with Crippen LogP contribution >= 0.6 is 15.8 Å². The Labute approximate surface area is 62.0 Å². The first-order valence-corrected chi connectivity index (χ1v) is 4.41. The van der Waals surface area contributed by atoms with Gasteiger partial charge in [-0.15, -0.1) is 0 Å². The molecule has 5 heteroatoms. The normalized spacial score (nSPS) is 8.20. The van der Waals surface area contributed by atoms with Crippen molar-refractivity contribution < 1.29 is 9.13 Å². The Hall–Kier alpha value is -0.0200. The molecule has 0 bridgehead atoms. The summed E-state index contributed by atoms with van der Waals surface area (Å²) in [6, 6.07) is 0. The van der Waals surface area contributed by atoms with Crippen LogP contribution in [0.5, 0.6) is 0 Å². The van der Waals surface area contributed by atoms with Gasteiger partial charge >= 0.3 is 61.3 Å². The molecule has 0 aromatic rings. The van der Waals surface area contributed by atoms with Crippen molar-refractivity contribution in [1.29, 1.82) is 0 Å². The van der Waals surface area contributed by atoms with Gasteiger partial charge < -0.3 is 0 Å². The molecule has 0 atom stereocenters. The molecule has 0 aliphatic heterocycles. The first-order valence-electron chi connectivity index (χ1n) is 2.78. The summed E-state index contributed by atoms with van der Waals surface area (Å²) in [5.74, 6) is 4.83. The fraction of sp³-hybridized carbons (Fsp3) is 0.600. The molecule has 0 N–H and O–H groups in total. The van der Waals surface area contributed by atoms with E-state index in [-0.39, 0.29) is 15.8 Å². The zero-order valence-corrected chi connectivity index (χ0v) is 7.36. The van der Waals surface area contributed by atoms with Crippen LogP contribution < -0.4 is 0 Å². The Morgan fingerprint density at radius 1 is 1.30 bits per heavy atom. The summed E-state index contributed by atoms with van der Waals surface area (Å²) in [5.41, 5.74) is 0. The van der Waals surface area contributed by atoms with Gasteiger partial charge in [0.25, 0.3) is 0 Å². The molecule has 0 aromatic heterocycles. The topological polar surface area (TPSA) is 37.4 Å². The second-order valence-electron chi connectivity index (χ2n) is 1.53. The maximum atomic E-state index is 9.96. The van der Waals surface area contributed by atoms with Crippen molar-refractivity contribution in [3.05, 3.63) is 0 Å². The van der Waals surface area contributed by atoms with Crippen LogP contribution in [0.2, 0.25) is 0 Å². The van der Waals surface area contributed by atoms with Crippen LogP contribution in [-0.2, 0) is 9.13 Å². The van der Waals surface area contributed by atoms with E-state index < -0.39 is 0 Å². The van der Waals surface area contributed by atoms with E-state index in [2.05, 4.69) is 11.5 Å². The van der Waals surface area contributed by atoms with Crippen molar-refractivity contribution >= 4 is 15.8 Å². The van der Waals surface area contributed by atoms with Crippen LogP contribution in [-0.4, -0.2) is 11.4 Å². The quantitative estimate of drug-likeness (QED) is 0.476. The van der Waals surface area contributed by atoms with Crippen LogP contribution in [0.25, 0.3) is 0 Å². The SMILES string of the molecule is CCCN(C#P=O)C#P=O. The number of nitrogens with zero attached hydrogens (tertiary/aromatic N) is 1. The summed E-state index contributed by atoms with van der Waals surface area (Å²) in [6.07, 6.45) is 0.880. The summed E-state index contributed by atoms with van der Waals surface area (Å²) >= 11 is 0. The maximum absolute atomic E-state index is 9.96. The van der Waals surface area contributed by atoms with Crippen molar-refractivity contribution in [1.82, 2.24) is 4.90 Å². The molecule has 0 aliphatic rings. The predicted molar refractivity (Wildman–Crippen MR) is 40.0 cm³/mol. The molecule has 0 saturated carbocycles. The summed E-state index contributed by atoms with van der Waals surface area (Å²) in [6.45, 7) is 2.60. The van der Waals surface area contributed by atoms with E-state index in [0.717, 1.165) is 6.42 Å². The number of rotatable bonds is 2.